The summed E-state index contributed by atoms with van der Waals surface area (Å²) in [6.45, 7) is 3.23. The van der Waals surface area contributed by atoms with E-state index < -0.39 is 17.7 Å². The fraction of sp³-hybridized carbons (Fsp3) is 0.550. The lowest BCUT2D eigenvalue weighted by Gasteiger charge is -2.20. The Morgan fingerprint density at radius 3 is 2.33 bits per heavy atom. The lowest BCUT2D eigenvalue weighted by atomic mass is 9.87. The third-order valence-corrected chi connectivity index (χ3v) is 4.57. The molecule has 3 amide bonds. The van der Waals surface area contributed by atoms with Gasteiger partial charge in [-0.05, 0) is 49.6 Å². The smallest absolute Gasteiger partial charge is 0.249 e. The van der Waals surface area contributed by atoms with E-state index >= 15 is 0 Å². The van der Waals surface area contributed by atoms with E-state index in [-0.39, 0.29) is 17.0 Å². The number of hydrogen-bond donors (Lipinski definition) is 4. The summed E-state index contributed by atoms with van der Waals surface area (Å²) in [5.74, 6) is -2.01. The Bertz CT molecular complexity index is 646. The summed E-state index contributed by atoms with van der Waals surface area (Å²) in [7, 11) is 0. The van der Waals surface area contributed by atoms with Gasteiger partial charge in [0.15, 0.2) is 0 Å². The number of nitrogens with one attached hydrogen (secondary N) is 1. The summed E-state index contributed by atoms with van der Waals surface area (Å²) in [6.07, 6.45) is 6.21. The monoisotopic (exact) mass is 376 g/mol. The van der Waals surface area contributed by atoms with E-state index in [1.54, 1.807) is 0 Å². The molecular weight excluding hydrogens is 344 g/mol. The third-order valence-electron chi connectivity index (χ3n) is 4.57. The Kier molecular flexibility index (Phi) is 10.1. The predicted octanol–water partition coefficient (Wildman–Crippen LogP) is 1.79. The molecule has 27 heavy (non-hydrogen) atoms. The predicted molar refractivity (Wildman–Crippen MR) is 106 cm³/mol. The number of nitrogens with two attached hydrogens (primary N) is 3. The number of carbonyl (C=O) groups is 3. The SMILES string of the molecule is CCCCCCNC(=O)[C@@H](CCCCN)c1cc(C(N)=O)ccc1C(N)=O. The number of carbonyl (C=O) groups excluding carboxylic acids is 3. The first kappa shape index (κ1) is 22.6. The van der Waals surface area contributed by atoms with E-state index in [9.17, 15) is 14.4 Å². The van der Waals surface area contributed by atoms with Gasteiger partial charge in [0.1, 0.15) is 0 Å². The Hall–Kier alpha value is -2.41. The summed E-state index contributed by atoms with van der Waals surface area (Å²) < 4.78 is 0. The highest BCUT2D eigenvalue weighted by atomic mass is 16.2. The van der Waals surface area contributed by atoms with Crippen LogP contribution >= 0.6 is 0 Å². The maximum Gasteiger partial charge on any atom is 0.249 e. The number of primary amides is 2. The van der Waals surface area contributed by atoms with Crippen LogP contribution in [0.2, 0.25) is 0 Å². The van der Waals surface area contributed by atoms with E-state index in [2.05, 4.69) is 12.2 Å². The highest BCUT2D eigenvalue weighted by molar-refractivity contribution is 6.00. The van der Waals surface area contributed by atoms with Gasteiger partial charge in [-0.2, -0.15) is 0 Å². The lowest BCUT2D eigenvalue weighted by Crippen LogP contribution is -2.32. The molecule has 0 aliphatic heterocycles. The quantitative estimate of drug-likeness (QED) is 0.389. The zero-order valence-corrected chi connectivity index (χ0v) is 16.1. The standard InChI is InChI=1S/C20H32N4O3/c1-2-3-4-7-12-24-20(27)16(8-5-6-11-21)17-13-14(18(22)25)9-10-15(17)19(23)26/h9-10,13,16H,2-8,11-12,21H2,1H3,(H2,22,25)(H2,23,26)(H,24,27)/t16-/m0/s1. The molecule has 1 rings (SSSR count). The number of benzene rings is 1. The molecule has 0 saturated heterocycles. The second-order valence-corrected chi connectivity index (χ2v) is 6.72. The minimum atomic E-state index is -0.638. The van der Waals surface area contributed by atoms with E-state index in [1.165, 1.54) is 18.2 Å². The van der Waals surface area contributed by atoms with E-state index in [4.69, 9.17) is 17.2 Å². The highest BCUT2D eigenvalue weighted by Gasteiger charge is 2.25. The van der Waals surface area contributed by atoms with Gasteiger partial charge < -0.3 is 22.5 Å². The van der Waals surface area contributed by atoms with Gasteiger partial charge in [-0.15, -0.1) is 0 Å². The van der Waals surface area contributed by atoms with Gasteiger partial charge in [0.25, 0.3) is 0 Å². The molecule has 0 unspecified atom stereocenters. The van der Waals surface area contributed by atoms with Crippen LogP contribution in [0.4, 0.5) is 0 Å². The maximum absolute atomic E-state index is 12.8. The van der Waals surface area contributed by atoms with Crippen molar-refractivity contribution in [1.29, 1.82) is 0 Å². The molecule has 1 atom stereocenters. The molecule has 0 fully saturated rings. The van der Waals surface area contributed by atoms with Crippen LogP contribution in [0.1, 0.15) is 84.1 Å². The van der Waals surface area contributed by atoms with Gasteiger partial charge in [0.2, 0.25) is 17.7 Å². The van der Waals surface area contributed by atoms with Crippen molar-refractivity contribution in [2.45, 2.75) is 57.8 Å². The van der Waals surface area contributed by atoms with Gasteiger partial charge in [0.05, 0.1) is 5.92 Å². The molecule has 0 aromatic heterocycles. The van der Waals surface area contributed by atoms with Crippen LogP contribution in [-0.4, -0.2) is 30.8 Å². The van der Waals surface area contributed by atoms with Crippen LogP contribution in [0.3, 0.4) is 0 Å². The molecule has 7 heteroatoms. The van der Waals surface area contributed by atoms with Crippen molar-refractivity contribution < 1.29 is 14.4 Å². The average Bonchev–Trinajstić information content (AvgIpc) is 2.64. The van der Waals surface area contributed by atoms with Crippen LogP contribution < -0.4 is 22.5 Å². The van der Waals surface area contributed by atoms with Crippen molar-refractivity contribution in [3.63, 3.8) is 0 Å². The second-order valence-electron chi connectivity index (χ2n) is 6.72. The summed E-state index contributed by atoms with van der Waals surface area (Å²) in [4.78, 5) is 36.2. The van der Waals surface area contributed by atoms with Crippen molar-refractivity contribution in [3.8, 4) is 0 Å². The zero-order chi connectivity index (χ0) is 20.2. The van der Waals surface area contributed by atoms with E-state index in [0.717, 1.165) is 38.5 Å². The summed E-state index contributed by atoms with van der Waals surface area (Å²) >= 11 is 0. The second kappa shape index (κ2) is 12.1. The van der Waals surface area contributed by atoms with Gasteiger partial charge in [-0.1, -0.05) is 32.6 Å². The topological polar surface area (TPSA) is 141 Å². The van der Waals surface area contributed by atoms with Crippen LogP contribution in [-0.2, 0) is 4.79 Å². The molecule has 0 spiro atoms. The van der Waals surface area contributed by atoms with Gasteiger partial charge in [-0.25, -0.2) is 0 Å². The van der Waals surface area contributed by atoms with Gasteiger partial charge >= 0.3 is 0 Å². The first-order valence-electron chi connectivity index (χ1n) is 9.63. The number of hydrogen-bond acceptors (Lipinski definition) is 4. The number of unbranched alkanes of at least 4 members (excludes halogenated alkanes) is 4. The molecule has 0 aliphatic carbocycles. The van der Waals surface area contributed by atoms with Gasteiger partial charge in [-0.3, -0.25) is 14.4 Å². The Morgan fingerprint density at radius 2 is 1.74 bits per heavy atom. The molecule has 0 bridgehead atoms. The first-order valence-corrected chi connectivity index (χ1v) is 9.63. The van der Waals surface area contributed by atoms with Crippen molar-refractivity contribution >= 4 is 17.7 Å². The summed E-state index contributed by atoms with van der Waals surface area (Å²) in [5, 5.41) is 2.94. The Balaban J connectivity index is 3.06. The minimum absolute atomic E-state index is 0.173. The van der Waals surface area contributed by atoms with Crippen LogP contribution in [0, 0.1) is 0 Å². The highest BCUT2D eigenvalue weighted by Crippen LogP contribution is 2.27. The zero-order valence-electron chi connectivity index (χ0n) is 16.1. The fourth-order valence-corrected chi connectivity index (χ4v) is 3.04. The van der Waals surface area contributed by atoms with Gasteiger partial charge in [0, 0.05) is 17.7 Å². The van der Waals surface area contributed by atoms with E-state index in [1.807, 2.05) is 0 Å². The van der Waals surface area contributed by atoms with Crippen molar-refractivity contribution in [2.75, 3.05) is 13.1 Å². The number of rotatable bonds is 13. The van der Waals surface area contributed by atoms with Crippen LogP contribution in [0.25, 0.3) is 0 Å². The first-order chi connectivity index (χ1) is 12.9. The van der Waals surface area contributed by atoms with E-state index in [0.29, 0.717) is 25.1 Å². The van der Waals surface area contributed by atoms with Crippen molar-refractivity contribution in [2.24, 2.45) is 17.2 Å². The van der Waals surface area contributed by atoms with Crippen LogP contribution in [0.5, 0.6) is 0 Å². The summed E-state index contributed by atoms with van der Waals surface area (Å²) in [5.41, 5.74) is 17.3. The normalized spacial score (nSPS) is 11.8. The Labute approximate surface area is 161 Å². The Morgan fingerprint density at radius 1 is 1.00 bits per heavy atom. The molecule has 0 saturated carbocycles. The molecule has 0 heterocycles. The fourth-order valence-electron chi connectivity index (χ4n) is 3.04. The molecule has 1 aromatic rings. The molecule has 150 valence electrons. The molecule has 7 N–H and O–H groups in total. The average molecular weight is 377 g/mol. The number of amides is 3. The summed E-state index contributed by atoms with van der Waals surface area (Å²) in [6, 6.07) is 4.42. The molecule has 7 nitrogen and oxygen atoms in total. The van der Waals surface area contributed by atoms with Crippen LogP contribution in [0.15, 0.2) is 18.2 Å². The molecule has 1 aromatic carbocycles. The largest absolute Gasteiger partial charge is 0.366 e. The maximum atomic E-state index is 12.8. The van der Waals surface area contributed by atoms with Crippen molar-refractivity contribution in [3.05, 3.63) is 34.9 Å². The molecular formula is C20H32N4O3. The third kappa shape index (κ3) is 7.38. The molecule has 0 aliphatic rings. The van der Waals surface area contributed by atoms with Crippen molar-refractivity contribution in [1.82, 2.24) is 5.32 Å². The minimum Gasteiger partial charge on any atom is -0.366 e. The lowest BCUT2D eigenvalue weighted by molar-refractivity contribution is -0.122. The molecule has 0 radical (unpaired) electrons.